The predicted molar refractivity (Wildman–Crippen MR) is 165 cm³/mol. The minimum Gasteiger partial charge on any atom is -0.494 e. The number of carbonyl (C=O) groups excluding carboxylic acids is 3. The summed E-state index contributed by atoms with van der Waals surface area (Å²) in [5, 5.41) is 7.58. The molecule has 1 aliphatic rings. The summed E-state index contributed by atoms with van der Waals surface area (Å²) >= 11 is 0. The number of nitrogens with two attached hydrogens (primary N) is 1. The second-order valence-corrected chi connectivity index (χ2v) is 9.97. The number of carbonyl (C=O) groups is 3. The summed E-state index contributed by atoms with van der Waals surface area (Å²) < 4.78 is 10.6. The smallest absolute Gasteiger partial charge is 0.356 e. The van der Waals surface area contributed by atoms with Crippen LogP contribution >= 0.6 is 0 Å². The molecule has 1 aromatic carbocycles. The number of fused-ring (bicyclic) bond motifs is 1. The zero-order valence-corrected chi connectivity index (χ0v) is 24.6. The summed E-state index contributed by atoms with van der Waals surface area (Å²) in [6, 6.07) is 11.4. The van der Waals surface area contributed by atoms with Crippen molar-refractivity contribution in [3.05, 3.63) is 76.9 Å². The average Bonchev–Trinajstić information content (AvgIpc) is 3.70. The molecule has 13 heteroatoms. The summed E-state index contributed by atoms with van der Waals surface area (Å²) in [6.07, 6.45) is 5.21. The Balaban J connectivity index is 1.40. The van der Waals surface area contributed by atoms with E-state index in [0.717, 1.165) is 16.7 Å². The molecular weight excluding hydrogens is 564 g/mol. The van der Waals surface area contributed by atoms with Gasteiger partial charge >= 0.3 is 5.97 Å². The summed E-state index contributed by atoms with van der Waals surface area (Å²) in [7, 11) is 1.46. The Bertz CT molecular complexity index is 1790. The molecule has 226 valence electrons. The molecule has 0 unspecified atom stereocenters. The van der Waals surface area contributed by atoms with E-state index in [2.05, 4.69) is 30.2 Å². The van der Waals surface area contributed by atoms with Crippen LogP contribution in [0.1, 0.15) is 58.8 Å². The van der Waals surface area contributed by atoms with Crippen LogP contribution in [0.15, 0.2) is 64.3 Å². The van der Waals surface area contributed by atoms with Crippen molar-refractivity contribution in [1.82, 2.24) is 25.1 Å². The quantitative estimate of drug-likeness (QED) is 0.0857. The van der Waals surface area contributed by atoms with Crippen LogP contribution in [0, 0.1) is 0 Å². The van der Waals surface area contributed by atoms with Crippen LogP contribution in [0.3, 0.4) is 0 Å². The summed E-state index contributed by atoms with van der Waals surface area (Å²) in [5.74, 6) is -0.857. The van der Waals surface area contributed by atoms with Gasteiger partial charge in [-0.25, -0.2) is 19.8 Å². The number of ketones is 1. The number of nitrogens with one attached hydrogen (secondary N) is 2. The zero-order chi connectivity index (χ0) is 31.2. The largest absolute Gasteiger partial charge is 0.494 e. The van der Waals surface area contributed by atoms with Crippen LogP contribution < -0.4 is 10.5 Å². The monoisotopic (exact) mass is 596 g/mol. The number of likely N-dealkylation sites (tertiary alicyclic amines) is 1. The standard InChI is InChI=1S/C31H32N8O5/c1-4-44-31(42)23-14-22(37-38-23)25(19-8-6-5-7-9-19)20-10-12-39(13-11-20)30(41)28(40)21-15-33-27-26(21)24(43-3)16-34-29(27)36-17-35-18(2)32/h5-9,14-17,33H,4,10-13H2,1-3H3,(H,37,38)(H2,32,34,35,36). The van der Waals surface area contributed by atoms with Crippen molar-refractivity contribution < 1.29 is 23.9 Å². The van der Waals surface area contributed by atoms with Crippen LogP contribution in [0.5, 0.6) is 5.75 Å². The van der Waals surface area contributed by atoms with Crippen LogP contribution in [-0.4, -0.2) is 81.7 Å². The predicted octanol–water partition coefficient (Wildman–Crippen LogP) is 3.82. The van der Waals surface area contributed by atoms with Gasteiger partial charge in [0.1, 0.15) is 17.8 Å². The molecule has 1 saturated heterocycles. The Morgan fingerprint density at radius 2 is 1.91 bits per heavy atom. The van der Waals surface area contributed by atoms with Gasteiger partial charge in [-0.3, -0.25) is 14.7 Å². The number of amides is 1. The lowest BCUT2D eigenvalue weighted by atomic mass is 9.90. The van der Waals surface area contributed by atoms with Gasteiger partial charge in [0.25, 0.3) is 11.7 Å². The Morgan fingerprint density at radius 3 is 2.59 bits per heavy atom. The van der Waals surface area contributed by atoms with E-state index in [1.807, 2.05) is 30.3 Å². The van der Waals surface area contributed by atoms with Crippen molar-refractivity contribution in [3.63, 3.8) is 0 Å². The molecule has 4 N–H and O–H groups in total. The van der Waals surface area contributed by atoms with Gasteiger partial charge in [0.05, 0.1) is 47.9 Å². The fourth-order valence-corrected chi connectivity index (χ4v) is 5.10. The van der Waals surface area contributed by atoms with Crippen LogP contribution in [-0.2, 0) is 9.53 Å². The fraction of sp³-hybridized carbons (Fsp3) is 0.258. The number of methoxy groups -OCH3 is 1. The van der Waals surface area contributed by atoms with E-state index < -0.39 is 17.7 Å². The van der Waals surface area contributed by atoms with Gasteiger partial charge in [-0.05, 0) is 38.3 Å². The molecule has 1 amide bonds. The number of amidine groups is 1. The van der Waals surface area contributed by atoms with Crippen molar-refractivity contribution in [2.75, 3.05) is 26.8 Å². The molecule has 13 nitrogen and oxygen atoms in total. The minimum atomic E-state index is -0.673. The molecule has 1 fully saturated rings. The molecule has 5 rings (SSSR count). The lowest BCUT2D eigenvalue weighted by Gasteiger charge is -2.29. The first kappa shape index (κ1) is 29.9. The van der Waals surface area contributed by atoms with Gasteiger partial charge in [-0.2, -0.15) is 5.10 Å². The number of pyridine rings is 1. The second kappa shape index (κ2) is 13.2. The lowest BCUT2D eigenvalue weighted by Crippen LogP contribution is -2.40. The second-order valence-electron chi connectivity index (χ2n) is 9.97. The number of rotatable bonds is 9. The van der Waals surface area contributed by atoms with E-state index in [-0.39, 0.29) is 23.7 Å². The Morgan fingerprint density at radius 1 is 1.16 bits per heavy atom. The first-order chi connectivity index (χ1) is 21.3. The van der Waals surface area contributed by atoms with Gasteiger partial charge in [-0.15, -0.1) is 0 Å². The molecule has 0 saturated carbocycles. The molecule has 0 radical (unpaired) electrons. The number of hydrogen-bond donors (Lipinski definition) is 3. The molecule has 3 aromatic heterocycles. The highest BCUT2D eigenvalue weighted by molar-refractivity contribution is 6.45. The number of aromatic nitrogens is 4. The Hall–Kier alpha value is -5.59. The molecule has 0 spiro atoms. The summed E-state index contributed by atoms with van der Waals surface area (Å²) in [6.45, 7) is 4.28. The van der Waals surface area contributed by atoms with Crippen molar-refractivity contribution in [3.8, 4) is 5.75 Å². The normalized spacial score (nSPS) is 13.8. The maximum atomic E-state index is 13.5. The number of esters is 1. The fourth-order valence-electron chi connectivity index (χ4n) is 5.10. The van der Waals surface area contributed by atoms with Crippen molar-refractivity contribution >= 4 is 52.1 Å². The van der Waals surface area contributed by atoms with Crippen molar-refractivity contribution in [1.29, 1.82) is 0 Å². The van der Waals surface area contributed by atoms with E-state index in [0.29, 0.717) is 54.1 Å². The molecular formula is C31H32N8O5. The number of hydrogen-bond acceptors (Lipinski definition) is 8. The highest BCUT2D eigenvalue weighted by Crippen LogP contribution is 2.35. The number of benzene rings is 1. The molecule has 44 heavy (non-hydrogen) atoms. The van der Waals surface area contributed by atoms with E-state index in [1.54, 1.807) is 24.8 Å². The molecule has 0 aliphatic carbocycles. The van der Waals surface area contributed by atoms with Gasteiger partial charge in [0, 0.05) is 24.9 Å². The molecule has 4 heterocycles. The number of aliphatic imine (C=N–C) groups is 2. The van der Waals surface area contributed by atoms with E-state index in [1.165, 1.54) is 25.8 Å². The topological polar surface area (TPSA) is 181 Å². The maximum Gasteiger partial charge on any atom is 0.356 e. The maximum absolute atomic E-state index is 13.5. The molecule has 1 aliphatic heterocycles. The van der Waals surface area contributed by atoms with E-state index in [9.17, 15) is 14.4 Å². The number of piperidine rings is 1. The zero-order valence-electron chi connectivity index (χ0n) is 24.6. The number of Topliss-reactive ketones (excluding diaryl/α,β-unsaturated/α-hetero) is 1. The number of ether oxygens (including phenoxy) is 2. The summed E-state index contributed by atoms with van der Waals surface area (Å²) in [4.78, 5) is 56.3. The Kier molecular flexibility index (Phi) is 8.93. The third-order valence-corrected chi connectivity index (χ3v) is 7.15. The highest BCUT2D eigenvalue weighted by atomic mass is 16.5. The third-order valence-electron chi connectivity index (χ3n) is 7.15. The highest BCUT2D eigenvalue weighted by Gasteiger charge is 2.30. The van der Waals surface area contributed by atoms with Gasteiger partial charge < -0.3 is 25.1 Å². The first-order valence-electron chi connectivity index (χ1n) is 14.0. The summed E-state index contributed by atoms with van der Waals surface area (Å²) in [5.41, 5.74) is 9.90. The molecule has 0 bridgehead atoms. The minimum absolute atomic E-state index is 0.161. The first-order valence-corrected chi connectivity index (χ1v) is 14.0. The van der Waals surface area contributed by atoms with Crippen LogP contribution in [0.4, 0.5) is 5.82 Å². The van der Waals surface area contributed by atoms with Crippen molar-refractivity contribution in [2.45, 2.75) is 26.7 Å². The molecule has 4 aromatic rings. The van der Waals surface area contributed by atoms with E-state index >= 15 is 0 Å². The van der Waals surface area contributed by atoms with Gasteiger partial charge in [0.2, 0.25) is 0 Å². The average molecular weight is 597 g/mol. The van der Waals surface area contributed by atoms with Crippen molar-refractivity contribution in [2.24, 2.45) is 15.7 Å². The SMILES string of the molecule is CCOC(=O)c1cc(C(=C2CCN(C(=O)C(=O)c3c[nH]c4c(N=CN=C(C)N)ncc(OC)c34)CC2)c2ccccc2)n[nH]1. The van der Waals surface area contributed by atoms with Crippen LogP contribution in [0.25, 0.3) is 16.5 Å². The molecule has 0 atom stereocenters. The number of nitrogens with zero attached hydrogens (tertiary/aromatic N) is 5. The van der Waals surface area contributed by atoms with Gasteiger partial charge in [-0.1, -0.05) is 35.9 Å². The van der Waals surface area contributed by atoms with Crippen LogP contribution in [0.2, 0.25) is 0 Å². The van der Waals surface area contributed by atoms with E-state index in [4.69, 9.17) is 15.2 Å². The Labute approximate surface area is 252 Å². The number of H-pyrrole nitrogens is 2. The third kappa shape index (κ3) is 6.11. The lowest BCUT2D eigenvalue weighted by molar-refractivity contribution is -0.126. The number of aromatic amines is 2. The van der Waals surface area contributed by atoms with Gasteiger partial charge in [0.15, 0.2) is 5.82 Å².